The van der Waals surface area contributed by atoms with Gasteiger partial charge in [-0.25, -0.2) is 21.9 Å². The fourth-order valence-electron chi connectivity index (χ4n) is 2.99. The van der Waals surface area contributed by atoms with Gasteiger partial charge in [-0.3, -0.25) is 4.90 Å². The van der Waals surface area contributed by atoms with E-state index in [1.54, 1.807) is 0 Å². The van der Waals surface area contributed by atoms with E-state index in [0.29, 0.717) is 38.9 Å². The van der Waals surface area contributed by atoms with E-state index in [2.05, 4.69) is 9.62 Å². The Bertz CT molecular complexity index is 882. The molecular formula is C19H22F2N2O3S. The molecule has 0 bridgehead atoms. The van der Waals surface area contributed by atoms with E-state index in [1.165, 1.54) is 0 Å². The van der Waals surface area contributed by atoms with Crippen LogP contribution in [0.5, 0.6) is 0 Å². The minimum Gasteiger partial charge on any atom is -0.379 e. The lowest BCUT2D eigenvalue weighted by Crippen LogP contribution is -2.43. The monoisotopic (exact) mass is 396 g/mol. The van der Waals surface area contributed by atoms with Gasteiger partial charge in [0.25, 0.3) is 0 Å². The third-order valence-electron chi connectivity index (χ3n) is 4.50. The first-order valence-electron chi connectivity index (χ1n) is 8.69. The number of benzene rings is 2. The van der Waals surface area contributed by atoms with Gasteiger partial charge >= 0.3 is 0 Å². The van der Waals surface area contributed by atoms with Gasteiger partial charge in [0, 0.05) is 19.6 Å². The lowest BCUT2D eigenvalue weighted by molar-refractivity contribution is 0.0345. The fourth-order valence-corrected chi connectivity index (χ4v) is 4.29. The fraction of sp³-hybridized carbons (Fsp3) is 0.368. The van der Waals surface area contributed by atoms with Crippen molar-refractivity contribution in [3.63, 3.8) is 0 Å². The van der Waals surface area contributed by atoms with Crippen molar-refractivity contribution in [1.82, 2.24) is 9.62 Å². The van der Waals surface area contributed by atoms with E-state index in [0.717, 1.165) is 23.3 Å². The maximum absolute atomic E-state index is 14.0. The van der Waals surface area contributed by atoms with Crippen LogP contribution in [-0.4, -0.2) is 46.2 Å². The largest absolute Gasteiger partial charge is 0.379 e. The molecule has 1 aliphatic heterocycles. The zero-order valence-electron chi connectivity index (χ0n) is 15.0. The number of ether oxygens (including phenoxy) is 1. The Hall–Kier alpha value is -1.87. The van der Waals surface area contributed by atoms with E-state index in [-0.39, 0.29) is 0 Å². The van der Waals surface area contributed by atoms with Crippen molar-refractivity contribution in [2.75, 3.05) is 32.8 Å². The summed E-state index contributed by atoms with van der Waals surface area (Å²) in [5.41, 5.74) is 1.80. The molecule has 0 aliphatic carbocycles. The van der Waals surface area contributed by atoms with Gasteiger partial charge < -0.3 is 4.74 Å². The summed E-state index contributed by atoms with van der Waals surface area (Å²) >= 11 is 0. The Morgan fingerprint density at radius 1 is 1.11 bits per heavy atom. The van der Waals surface area contributed by atoms with Crippen molar-refractivity contribution < 1.29 is 21.9 Å². The van der Waals surface area contributed by atoms with E-state index in [9.17, 15) is 17.2 Å². The molecule has 2 aromatic rings. The number of nitrogens with zero attached hydrogens (tertiary/aromatic N) is 1. The normalized spacial score (nSPS) is 17.0. The van der Waals surface area contributed by atoms with Crippen molar-refractivity contribution in [3.05, 3.63) is 65.2 Å². The first-order valence-corrected chi connectivity index (χ1v) is 10.2. The van der Waals surface area contributed by atoms with Crippen molar-refractivity contribution in [3.8, 4) is 0 Å². The summed E-state index contributed by atoms with van der Waals surface area (Å²) < 4.78 is 60.8. The van der Waals surface area contributed by atoms with Crippen LogP contribution in [0.3, 0.4) is 0 Å². The second-order valence-corrected chi connectivity index (χ2v) is 8.25. The average Bonchev–Trinajstić information content (AvgIpc) is 2.64. The number of aryl methyl sites for hydroxylation is 1. The number of nitrogens with one attached hydrogen (secondary N) is 1. The zero-order chi connectivity index (χ0) is 19.4. The molecule has 1 aliphatic rings. The van der Waals surface area contributed by atoms with E-state index in [4.69, 9.17) is 4.74 Å². The summed E-state index contributed by atoms with van der Waals surface area (Å²) in [6.45, 7) is 4.85. The van der Waals surface area contributed by atoms with Crippen LogP contribution >= 0.6 is 0 Å². The second-order valence-electron chi connectivity index (χ2n) is 6.57. The summed E-state index contributed by atoms with van der Waals surface area (Å²) in [6, 6.07) is 9.24. The lowest BCUT2D eigenvalue weighted by atomic mass is 10.1. The molecule has 146 valence electrons. The maximum Gasteiger partial charge on any atom is 0.244 e. The van der Waals surface area contributed by atoms with E-state index >= 15 is 0 Å². The molecule has 1 unspecified atom stereocenters. The maximum atomic E-state index is 14.0. The summed E-state index contributed by atoms with van der Waals surface area (Å²) in [5.74, 6) is -1.80. The minimum atomic E-state index is -4.24. The summed E-state index contributed by atoms with van der Waals surface area (Å²) in [6.07, 6.45) is 0. The Labute approximate surface area is 158 Å². The highest BCUT2D eigenvalue weighted by molar-refractivity contribution is 7.89. The molecule has 1 N–H and O–H groups in total. The van der Waals surface area contributed by atoms with E-state index in [1.807, 2.05) is 31.2 Å². The van der Waals surface area contributed by atoms with Crippen molar-refractivity contribution in [2.24, 2.45) is 0 Å². The van der Waals surface area contributed by atoms with Gasteiger partial charge in [-0.1, -0.05) is 29.8 Å². The minimum absolute atomic E-state index is 0.405. The number of rotatable bonds is 6. The van der Waals surface area contributed by atoms with Gasteiger partial charge in [0.2, 0.25) is 10.0 Å². The molecule has 0 radical (unpaired) electrons. The predicted molar refractivity (Wildman–Crippen MR) is 97.9 cm³/mol. The van der Waals surface area contributed by atoms with Crippen LogP contribution in [0, 0.1) is 18.6 Å². The molecule has 2 aromatic carbocycles. The molecule has 1 atom stereocenters. The van der Waals surface area contributed by atoms with Crippen LogP contribution < -0.4 is 4.72 Å². The second kappa shape index (κ2) is 8.43. The third kappa shape index (κ3) is 5.10. The third-order valence-corrected chi connectivity index (χ3v) is 5.99. The van der Waals surface area contributed by atoms with Gasteiger partial charge in [0.05, 0.1) is 19.3 Å². The summed E-state index contributed by atoms with van der Waals surface area (Å²) in [5, 5.41) is 0. The molecule has 27 heavy (non-hydrogen) atoms. The smallest absolute Gasteiger partial charge is 0.244 e. The highest BCUT2D eigenvalue weighted by Gasteiger charge is 2.27. The molecule has 1 saturated heterocycles. The van der Waals surface area contributed by atoms with E-state index < -0.39 is 32.6 Å². The highest BCUT2D eigenvalue weighted by atomic mass is 32.2. The molecule has 0 spiro atoms. The molecule has 3 rings (SSSR count). The highest BCUT2D eigenvalue weighted by Crippen LogP contribution is 2.22. The quantitative estimate of drug-likeness (QED) is 0.816. The zero-order valence-corrected chi connectivity index (χ0v) is 15.8. The van der Waals surface area contributed by atoms with Gasteiger partial charge in [-0.2, -0.15) is 0 Å². The van der Waals surface area contributed by atoms with Crippen LogP contribution in [0.25, 0.3) is 0 Å². The van der Waals surface area contributed by atoms with Crippen LogP contribution in [0.4, 0.5) is 8.78 Å². The first-order chi connectivity index (χ1) is 12.8. The standard InChI is InChI=1S/C19H22F2N2O3S/c1-14-2-4-15(5-3-14)18(13-23-8-10-26-11-9-23)22-27(24,25)19-12-16(20)6-7-17(19)21/h2-7,12,18,22H,8-11,13H2,1H3. The van der Waals surface area contributed by atoms with Crippen molar-refractivity contribution in [2.45, 2.75) is 17.9 Å². The SMILES string of the molecule is Cc1ccc(C(CN2CCOCC2)NS(=O)(=O)c2cc(F)ccc2F)cc1. The van der Waals surface area contributed by atoms with Crippen LogP contribution in [0.2, 0.25) is 0 Å². The van der Waals surface area contributed by atoms with Crippen LogP contribution in [-0.2, 0) is 14.8 Å². The van der Waals surface area contributed by atoms with Gasteiger partial charge in [-0.05, 0) is 30.7 Å². The number of halogens is 2. The molecule has 1 heterocycles. The predicted octanol–water partition coefficient (Wildman–Crippen LogP) is 2.63. The van der Waals surface area contributed by atoms with Crippen molar-refractivity contribution in [1.29, 1.82) is 0 Å². The van der Waals surface area contributed by atoms with Crippen LogP contribution in [0.1, 0.15) is 17.2 Å². The molecule has 0 aromatic heterocycles. The van der Waals surface area contributed by atoms with Gasteiger partial charge in [0.15, 0.2) is 0 Å². The van der Waals surface area contributed by atoms with Gasteiger partial charge in [-0.15, -0.1) is 0 Å². The number of morpholine rings is 1. The Morgan fingerprint density at radius 2 is 1.78 bits per heavy atom. The Kier molecular flexibility index (Phi) is 6.21. The Balaban J connectivity index is 1.89. The number of sulfonamides is 1. The first kappa shape index (κ1) is 19.9. The number of hydrogen-bond donors (Lipinski definition) is 1. The summed E-state index contributed by atoms with van der Waals surface area (Å²) in [4.78, 5) is 1.39. The molecule has 0 saturated carbocycles. The number of hydrogen-bond acceptors (Lipinski definition) is 4. The molecule has 0 amide bonds. The molecular weight excluding hydrogens is 374 g/mol. The van der Waals surface area contributed by atoms with Crippen molar-refractivity contribution >= 4 is 10.0 Å². The van der Waals surface area contributed by atoms with Gasteiger partial charge in [0.1, 0.15) is 16.5 Å². The Morgan fingerprint density at radius 3 is 2.44 bits per heavy atom. The lowest BCUT2D eigenvalue weighted by Gasteiger charge is -2.31. The molecule has 8 heteroatoms. The molecule has 1 fully saturated rings. The molecule has 5 nitrogen and oxygen atoms in total. The van der Waals surface area contributed by atoms with Crippen LogP contribution in [0.15, 0.2) is 47.4 Å². The summed E-state index contributed by atoms with van der Waals surface area (Å²) in [7, 11) is -4.24. The topological polar surface area (TPSA) is 58.6 Å². The average molecular weight is 396 g/mol.